The highest BCUT2D eigenvalue weighted by molar-refractivity contribution is 6.09. The van der Waals surface area contributed by atoms with Gasteiger partial charge in [-0.15, -0.1) is 0 Å². The second kappa shape index (κ2) is 8.09. The van der Waals surface area contributed by atoms with Gasteiger partial charge in [0, 0.05) is 30.9 Å². The van der Waals surface area contributed by atoms with E-state index in [4.69, 9.17) is 4.99 Å². The van der Waals surface area contributed by atoms with Crippen molar-refractivity contribution in [2.45, 2.75) is 70.9 Å². The van der Waals surface area contributed by atoms with Crippen LogP contribution in [0.3, 0.4) is 0 Å². The maximum atomic E-state index is 13.9. The van der Waals surface area contributed by atoms with Crippen molar-refractivity contribution in [2.24, 2.45) is 4.99 Å². The van der Waals surface area contributed by atoms with Crippen LogP contribution in [0.25, 0.3) is 5.70 Å². The largest absolute Gasteiger partial charge is 0.340 e. The van der Waals surface area contributed by atoms with Crippen molar-refractivity contribution in [3.05, 3.63) is 47.2 Å². The van der Waals surface area contributed by atoms with Crippen LogP contribution in [0.2, 0.25) is 0 Å². The molecule has 2 aliphatic heterocycles. The Morgan fingerprint density at radius 2 is 2.00 bits per heavy atom. The highest BCUT2D eigenvalue weighted by Crippen LogP contribution is 2.37. The Labute approximate surface area is 172 Å². The molecular weight excluding hydrogens is 367 g/mol. The molecule has 0 spiro atoms. The Hall–Kier alpha value is -2.50. The van der Waals surface area contributed by atoms with E-state index < -0.39 is 5.95 Å². The second-order valence-corrected chi connectivity index (χ2v) is 8.07. The van der Waals surface area contributed by atoms with Crippen LogP contribution in [0, 0.1) is 5.95 Å². The zero-order valence-corrected chi connectivity index (χ0v) is 17.5. The van der Waals surface area contributed by atoms with Crippen molar-refractivity contribution in [3.8, 4) is 0 Å². The van der Waals surface area contributed by atoms with Crippen LogP contribution in [0.15, 0.2) is 40.7 Å². The molecule has 0 radical (unpaired) electrons. The molecule has 2 fully saturated rings. The van der Waals surface area contributed by atoms with Gasteiger partial charge in [0.15, 0.2) is 5.84 Å². The zero-order valence-electron chi connectivity index (χ0n) is 17.5. The number of piperazine rings is 1. The van der Waals surface area contributed by atoms with E-state index in [1.54, 1.807) is 4.90 Å². The van der Waals surface area contributed by atoms with E-state index in [0.717, 1.165) is 54.0 Å². The number of nitrogens with zero attached hydrogens (tertiary/aromatic N) is 4. The number of pyridine rings is 1. The van der Waals surface area contributed by atoms with Crippen LogP contribution in [0.5, 0.6) is 0 Å². The number of amides is 1. The predicted octanol–water partition coefficient (Wildman–Crippen LogP) is 4.52. The third-order valence-corrected chi connectivity index (χ3v) is 6.41. The second-order valence-electron chi connectivity index (χ2n) is 8.07. The Bertz CT molecular complexity index is 898. The number of hydrogen-bond acceptors (Lipinski definition) is 4. The van der Waals surface area contributed by atoms with Gasteiger partial charge in [-0.2, -0.15) is 4.39 Å². The molecule has 0 aromatic carbocycles. The monoisotopic (exact) mass is 396 g/mol. The van der Waals surface area contributed by atoms with E-state index in [-0.39, 0.29) is 11.9 Å². The topological polar surface area (TPSA) is 48.8 Å². The number of allylic oxidation sites excluding steroid dienone is 2. The van der Waals surface area contributed by atoms with E-state index >= 15 is 0 Å². The van der Waals surface area contributed by atoms with Crippen LogP contribution >= 0.6 is 0 Å². The molecule has 3 aliphatic rings. The SMILES string of the molecule is CCC1=C(c2ccnc(F)c2)N=C2C(=CC1)N(C)C(=O)C(CC)N2C1CCCC1. The summed E-state index contributed by atoms with van der Waals surface area (Å²) >= 11 is 0. The summed E-state index contributed by atoms with van der Waals surface area (Å²) < 4.78 is 13.9. The van der Waals surface area contributed by atoms with Crippen LogP contribution in [-0.4, -0.2) is 45.7 Å². The summed E-state index contributed by atoms with van der Waals surface area (Å²) in [5.74, 6) is 0.501. The molecule has 1 saturated carbocycles. The fourth-order valence-corrected chi connectivity index (χ4v) is 4.85. The van der Waals surface area contributed by atoms with E-state index in [0.29, 0.717) is 12.5 Å². The minimum atomic E-state index is -0.502. The normalized spacial score (nSPS) is 23.2. The van der Waals surface area contributed by atoms with Crippen molar-refractivity contribution in [3.63, 3.8) is 0 Å². The van der Waals surface area contributed by atoms with Gasteiger partial charge in [0.25, 0.3) is 0 Å². The summed E-state index contributed by atoms with van der Waals surface area (Å²) in [7, 11) is 1.85. The first kappa shape index (κ1) is 19.8. The van der Waals surface area contributed by atoms with Gasteiger partial charge in [0.2, 0.25) is 11.9 Å². The third kappa shape index (κ3) is 3.49. The van der Waals surface area contributed by atoms with E-state index in [1.807, 2.05) is 13.1 Å². The number of aliphatic imine (C=N–C) groups is 1. The molecule has 6 heteroatoms. The number of fused-ring (bicyclic) bond motifs is 1. The van der Waals surface area contributed by atoms with Crippen molar-refractivity contribution >= 4 is 17.4 Å². The van der Waals surface area contributed by atoms with Crippen molar-refractivity contribution in [1.82, 2.24) is 14.8 Å². The molecule has 1 aromatic heterocycles. The summed E-state index contributed by atoms with van der Waals surface area (Å²) in [6.07, 6.45) is 10.4. The molecule has 1 unspecified atom stereocenters. The van der Waals surface area contributed by atoms with Crippen LogP contribution in [0.1, 0.15) is 64.4 Å². The molecule has 1 atom stereocenters. The summed E-state index contributed by atoms with van der Waals surface area (Å²) in [4.78, 5) is 26.0. The lowest BCUT2D eigenvalue weighted by molar-refractivity contribution is -0.134. The predicted molar refractivity (Wildman–Crippen MR) is 112 cm³/mol. The minimum absolute atomic E-state index is 0.140. The molecule has 3 heterocycles. The van der Waals surface area contributed by atoms with Gasteiger partial charge < -0.3 is 9.80 Å². The molecular formula is C23H29FN4O. The molecule has 1 amide bonds. The number of halogens is 1. The lowest BCUT2D eigenvalue weighted by atomic mass is 10.0. The Balaban J connectivity index is 1.88. The van der Waals surface area contributed by atoms with Gasteiger partial charge >= 0.3 is 0 Å². The number of aromatic nitrogens is 1. The van der Waals surface area contributed by atoms with Gasteiger partial charge in [-0.25, -0.2) is 9.98 Å². The van der Waals surface area contributed by atoms with E-state index in [1.165, 1.54) is 25.1 Å². The Morgan fingerprint density at radius 1 is 1.24 bits per heavy atom. The van der Waals surface area contributed by atoms with Crippen LogP contribution < -0.4 is 0 Å². The molecule has 0 bridgehead atoms. The molecule has 4 rings (SSSR count). The molecule has 1 aromatic rings. The molecule has 154 valence electrons. The van der Waals surface area contributed by atoms with Gasteiger partial charge in [-0.3, -0.25) is 4.79 Å². The molecule has 1 aliphatic carbocycles. The van der Waals surface area contributed by atoms with Crippen molar-refractivity contribution in [1.29, 1.82) is 0 Å². The molecule has 0 N–H and O–H groups in total. The number of likely N-dealkylation sites (N-methyl/N-ethyl adjacent to an activating group) is 1. The van der Waals surface area contributed by atoms with Crippen molar-refractivity contribution in [2.75, 3.05) is 7.05 Å². The number of carbonyl (C=O) groups is 1. The third-order valence-electron chi connectivity index (χ3n) is 6.41. The summed E-state index contributed by atoms with van der Waals surface area (Å²) in [5, 5.41) is 0. The standard InChI is InChI=1S/C23H29FN4O/c1-4-15-10-11-19-22(26-21(15)16-12-13-25-20(24)14-16)28(17-8-6-7-9-17)18(5-2)23(29)27(19)3/h11-14,17-18H,4-10H2,1-3H3. The number of carbonyl (C=O) groups excluding carboxylic acids is 1. The highest BCUT2D eigenvalue weighted by atomic mass is 19.1. The minimum Gasteiger partial charge on any atom is -0.340 e. The first-order chi connectivity index (χ1) is 14.0. The first-order valence-corrected chi connectivity index (χ1v) is 10.7. The van der Waals surface area contributed by atoms with Crippen LogP contribution in [-0.2, 0) is 4.79 Å². The average molecular weight is 397 g/mol. The van der Waals surface area contributed by atoms with Gasteiger partial charge in [0.1, 0.15) is 6.04 Å². The van der Waals surface area contributed by atoms with E-state index in [2.05, 4.69) is 29.8 Å². The maximum absolute atomic E-state index is 13.9. The van der Waals surface area contributed by atoms with E-state index in [9.17, 15) is 9.18 Å². The smallest absolute Gasteiger partial charge is 0.249 e. The first-order valence-electron chi connectivity index (χ1n) is 10.7. The maximum Gasteiger partial charge on any atom is 0.249 e. The average Bonchev–Trinajstić information content (AvgIpc) is 3.17. The molecule has 1 saturated heterocycles. The lowest BCUT2D eigenvalue weighted by Crippen LogP contribution is -2.60. The Kier molecular flexibility index (Phi) is 5.52. The number of hydrogen-bond donors (Lipinski definition) is 0. The van der Waals surface area contributed by atoms with Gasteiger partial charge in [-0.05, 0) is 43.7 Å². The summed E-state index contributed by atoms with van der Waals surface area (Å²) in [5.41, 5.74) is 3.58. The summed E-state index contributed by atoms with van der Waals surface area (Å²) in [6, 6.07) is 3.41. The van der Waals surface area contributed by atoms with Crippen molar-refractivity contribution < 1.29 is 9.18 Å². The van der Waals surface area contributed by atoms with Gasteiger partial charge in [-0.1, -0.05) is 32.8 Å². The zero-order chi connectivity index (χ0) is 20.5. The fourth-order valence-electron chi connectivity index (χ4n) is 4.85. The number of rotatable bonds is 4. The van der Waals surface area contributed by atoms with Crippen LogP contribution in [0.4, 0.5) is 4.39 Å². The lowest BCUT2D eigenvalue weighted by Gasteiger charge is -2.45. The molecule has 29 heavy (non-hydrogen) atoms. The number of amidine groups is 1. The highest BCUT2D eigenvalue weighted by Gasteiger charge is 2.43. The van der Waals surface area contributed by atoms with Gasteiger partial charge in [0.05, 0.1) is 11.4 Å². The fraction of sp³-hybridized carbons (Fsp3) is 0.522. The summed E-state index contributed by atoms with van der Waals surface area (Å²) in [6.45, 7) is 4.16. The molecule has 5 nitrogen and oxygen atoms in total. The quantitative estimate of drug-likeness (QED) is 0.703. The Morgan fingerprint density at radius 3 is 2.66 bits per heavy atom.